The van der Waals surface area contributed by atoms with Crippen molar-refractivity contribution in [3.63, 3.8) is 0 Å². The van der Waals surface area contributed by atoms with Crippen molar-refractivity contribution >= 4 is 16.9 Å². The topological polar surface area (TPSA) is 29.1 Å². The van der Waals surface area contributed by atoms with Crippen molar-refractivity contribution < 1.29 is 4.79 Å². The van der Waals surface area contributed by atoms with E-state index >= 15 is 0 Å². The number of carbonyl (C=O) groups excluding carboxylic acids is 1. The fraction of sp³-hybridized carbons (Fsp3) is 0.923. The molecule has 0 heterocycles. The molecule has 0 saturated heterocycles. The zero-order valence-electron chi connectivity index (χ0n) is 10.3. The van der Waals surface area contributed by atoms with Gasteiger partial charge in [0.1, 0.15) is 0 Å². The van der Waals surface area contributed by atoms with Gasteiger partial charge >= 0.3 is 0 Å². The lowest BCUT2D eigenvalue weighted by Crippen LogP contribution is -2.49. The molecule has 0 radical (unpaired) electrons. The summed E-state index contributed by atoms with van der Waals surface area (Å²) < 4.78 is 0. The minimum absolute atomic E-state index is 0.263. The minimum Gasteiger partial charge on any atom is -0.308 e. The molecule has 0 atom stereocenters. The quantitative estimate of drug-likeness (QED) is 0.820. The normalized spacial score (nSPS) is 25.1. The van der Waals surface area contributed by atoms with Crippen LogP contribution in [-0.2, 0) is 4.79 Å². The average molecular weight is 241 g/mol. The molecule has 2 fully saturated rings. The van der Waals surface area contributed by atoms with Crippen molar-refractivity contribution in [3.8, 4) is 0 Å². The van der Waals surface area contributed by atoms with E-state index in [0.29, 0.717) is 0 Å². The van der Waals surface area contributed by atoms with Gasteiger partial charge in [0.2, 0.25) is 0 Å². The van der Waals surface area contributed by atoms with Gasteiger partial charge in [0, 0.05) is 24.3 Å². The Labute approximate surface area is 103 Å². The number of thioether (sulfide) groups is 1. The lowest BCUT2D eigenvalue weighted by Gasteiger charge is -2.33. The zero-order valence-corrected chi connectivity index (χ0v) is 11.1. The second kappa shape index (κ2) is 5.54. The molecular formula is C13H23NOS. The molecule has 0 aromatic rings. The lowest BCUT2D eigenvalue weighted by molar-refractivity contribution is -0.109. The zero-order chi connectivity index (χ0) is 11.4. The molecule has 1 N–H and O–H groups in total. The average Bonchev–Trinajstić information content (AvgIpc) is 2.88. The van der Waals surface area contributed by atoms with Crippen LogP contribution < -0.4 is 5.32 Å². The first-order chi connectivity index (χ1) is 7.70. The highest BCUT2D eigenvalue weighted by atomic mass is 32.2. The molecule has 2 aliphatic carbocycles. The summed E-state index contributed by atoms with van der Waals surface area (Å²) in [5.74, 6) is 0.985. The summed E-state index contributed by atoms with van der Waals surface area (Å²) in [5, 5.41) is 4.14. The maximum absolute atomic E-state index is 11.1. The fourth-order valence-corrected chi connectivity index (χ4v) is 3.98. The highest BCUT2D eigenvalue weighted by molar-refractivity contribution is 8.13. The molecular weight excluding hydrogens is 218 g/mol. The molecule has 0 aliphatic heterocycles. The predicted octanol–water partition coefficient (Wildman–Crippen LogP) is 3.11. The maximum atomic E-state index is 11.1. The highest BCUT2D eigenvalue weighted by Crippen LogP contribution is 2.35. The molecule has 16 heavy (non-hydrogen) atoms. The van der Waals surface area contributed by atoms with Gasteiger partial charge in [0.25, 0.3) is 0 Å². The molecule has 0 unspecified atom stereocenters. The van der Waals surface area contributed by atoms with E-state index in [0.717, 1.165) is 11.8 Å². The van der Waals surface area contributed by atoms with Gasteiger partial charge < -0.3 is 5.32 Å². The van der Waals surface area contributed by atoms with Gasteiger partial charge in [-0.05, 0) is 25.7 Å². The monoisotopic (exact) mass is 241 g/mol. The summed E-state index contributed by atoms with van der Waals surface area (Å²) in [6, 6.07) is 0.727. The third-order valence-electron chi connectivity index (χ3n) is 3.98. The summed E-state index contributed by atoms with van der Waals surface area (Å²) in [5.41, 5.74) is 0.283. The van der Waals surface area contributed by atoms with Crippen LogP contribution in [0.25, 0.3) is 0 Å². The first-order valence-electron chi connectivity index (χ1n) is 6.61. The van der Waals surface area contributed by atoms with Crippen molar-refractivity contribution in [2.24, 2.45) is 0 Å². The van der Waals surface area contributed by atoms with Crippen molar-refractivity contribution in [2.45, 2.75) is 69.9 Å². The first kappa shape index (κ1) is 12.4. The third-order valence-corrected chi connectivity index (χ3v) is 5.08. The number of hydrogen-bond donors (Lipinski definition) is 1. The Kier molecular flexibility index (Phi) is 4.31. The van der Waals surface area contributed by atoms with E-state index in [1.807, 2.05) is 0 Å². The van der Waals surface area contributed by atoms with E-state index in [1.165, 1.54) is 63.1 Å². The summed E-state index contributed by atoms with van der Waals surface area (Å²) in [7, 11) is 0. The standard InChI is InChI=1S/C13H23NOS/c1-11(15)16-10-13(8-4-5-9-13)14-12-6-2-3-7-12/h12,14H,2-10H2,1H3. The van der Waals surface area contributed by atoms with Crippen LogP contribution in [-0.4, -0.2) is 22.4 Å². The molecule has 2 saturated carbocycles. The van der Waals surface area contributed by atoms with Crippen LogP contribution in [0, 0.1) is 0 Å². The Morgan fingerprint density at radius 1 is 1.25 bits per heavy atom. The SMILES string of the molecule is CC(=O)SCC1(NC2CCCC2)CCCC1. The molecule has 2 aliphatic rings. The lowest BCUT2D eigenvalue weighted by atomic mass is 9.98. The van der Waals surface area contributed by atoms with Crippen molar-refractivity contribution in [2.75, 3.05) is 5.75 Å². The van der Waals surface area contributed by atoms with E-state index < -0.39 is 0 Å². The van der Waals surface area contributed by atoms with E-state index in [2.05, 4.69) is 5.32 Å². The molecule has 0 spiro atoms. The number of carbonyl (C=O) groups is 1. The molecule has 2 rings (SSSR count). The smallest absolute Gasteiger partial charge is 0.185 e. The summed E-state index contributed by atoms with van der Waals surface area (Å²) in [6.45, 7) is 1.68. The van der Waals surface area contributed by atoms with Crippen LogP contribution in [0.15, 0.2) is 0 Å². The highest BCUT2D eigenvalue weighted by Gasteiger charge is 2.36. The molecule has 3 heteroatoms. The minimum atomic E-state index is 0.263. The van der Waals surface area contributed by atoms with Gasteiger partial charge in [0.15, 0.2) is 5.12 Å². The van der Waals surface area contributed by atoms with Gasteiger partial charge in [-0.15, -0.1) is 0 Å². The Morgan fingerprint density at radius 3 is 2.44 bits per heavy atom. The molecule has 2 nitrogen and oxygen atoms in total. The molecule has 92 valence electrons. The molecule has 0 aromatic heterocycles. The molecule has 0 aromatic carbocycles. The van der Waals surface area contributed by atoms with Crippen LogP contribution in [0.1, 0.15) is 58.3 Å². The molecule has 0 bridgehead atoms. The Balaban J connectivity index is 1.89. The van der Waals surface area contributed by atoms with Crippen LogP contribution in [0.3, 0.4) is 0 Å². The van der Waals surface area contributed by atoms with Gasteiger partial charge in [-0.1, -0.05) is 37.4 Å². The van der Waals surface area contributed by atoms with Gasteiger partial charge in [-0.2, -0.15) is 0 Å². The molecule has 0 amide bonds. The number of nitrogens with one attached hydrogen (secondary N) is 1. The van der Waals surface area contributed by atoms with E-state index in [4.69, 9.17) is 0 Å². The Bertz CT molecular complexity index is 242. The largest absolute Gasteiger partial charge is 0.308 e. The Morgan fingerprint density at radius 2 is 1.88 bits per heavy atom. The van der Waals surface area contributed by atoms with Crippen LogP contribution in [0.2, 0.25) is 0 Å². The summed E-state index contributed by atoms with van der Waals surface area (Å²) in [6.07, 6.45) is 10.6. The van der Waals surface area contributed by atoms with Crippen molar-refractivity contribution in [3.05, 3.63) is 0 Å². The van der Waals surface area contributed by atoms with Gasteiger partial charge in [-0.25, -0.2) is 0 Å². The maximum Gasteiger partial charge on any atom is 0.185 e. The predicted molar refractivity (Wildman–Crippen MR) is 69.7 cm³/mol. The van der Waals surface area contributed by atoms with Crippen molar-refractivity contribution in [1.29, 1.82) is 0 Å². The summed E-state index contributed by atoms with van der Waals surface area (Å²) >= 11 is 1.51. The second-order valence-corrected chi connectivity index (χ2v) is 6.55. The fourth-order valence-electron chi connectivity index (χ4n) is 3.13. The third kappa shape index (κ3) is 3.24. The second-order valence-electron chi connectivity index (χ2n) is 5.39. The van der Waals surface area contributed by atoms with Crippen LogP contribution >= 0.6 is 11.8 Å². The van der Waals surface area contributed by atoms with Gasteiger partial charge in [0.05, 0.1) is 0 Å². The first-order valence-corrected chi connectivity index (χ1v) is 7.60. The van der Waals surface area contributed by atoms with Gasteiger partial charge in [-0.3, -0.25) is 4.79 Å². The van der Waals surface area contributed by atoms with Crippen LogP contribution in [0.5, 0.6) is 0 Å². The number of hydrogen-bond acceptors (Lipinski definition) is 3. The Hall–Kier alpha value is -0.0200. The van der Waals surface area contributed by atoms with E-state index in [9.17, 15) is 4.79 Å². The van der Waals surface area contributed by atoms with Crippen LogP contribution in [0.4, 0.5) is 0 Å². The van der Waals surface area contributed by atoms with E-state index in [-0.39, 0.29) is 10.7 Å². The van der Waals surface area contributed by atoms with E-state index in [1.54, 1.807) is 6.92 Å². The summed E-state index contributed by atoms with van der Waals surface area (Å²) in [4.78, 5) is 11.1. The number of rotatable bonds is 4. The van der Waals surface area contributed by atoms with Crippen molar-refractivity contribution in [1.82, 2.24) is 5.32 Å².